The van der Waals surface area contributed by atoms with E-state index in [1.807, 2.05) is 13.0 Å². The molecule has 1 aromatic rings. The van der Waals surface area contributed by atoms with Gasteiger partial charge >= 0.3 is 0 Å². The summed E-state index contributed by atoms with van der Waals surface area (Å²) in [5, 5.41) is 10.2. The van der Waals surface area contributed by atoms with Gasteiger partial charge < -0.3 is 10.1 Å². The van der Waals surface area contributed by atoms with E-state index < -0.39 is 6.04 Å². The number of hydrogen-bond acceptors (Lipinski definition) is 4. The van der Waals surface area contributed by atoms with Crippen molar-refractivity contribution in [1.82, 2.24) is 0 Å². The highest BCUT2D eigenvalue weighted by atomic mass is 16.5. The lowest BCUT2D eigenvalue weighted by Crippen LogP contribution is -2.91. The summed E-state index contributed by atoms with van der Waals surface area (Å²) in [5.41, 5.74) is 0.543. The maximum atomic E-state index is 12.2. The molecule has 1 saturated heterocycles. The minimum Gasteiger partial charge on any atom is -0.494 e. The highest BCUT2D eigenvalue weighted by molar-refractivity contribution is 6.21. The summed E-state index contributed by atoms with van der Waals surface area (Å²) in [6, 6.07) is 8.36. The van der Waals surface area contributed by atoms with Gasteiger partial charge in [0.1, 0.15) is 11.8 Å². The lowest BCUT2D eigenvalue weighted by Gasteiger charge is -2.14. The Morgan fingerprint density at radius 1 is 1.38 bits per heavy atom. The second-order valence-corrected chi connectivity index (χ2v) is 4.82. The van der Waals surface area contributed by atoms with E-state index in [2.05, 4.69) is 0 Å². The molecule has 0 saturated carbocycles. The zero-order chi connectivity index (χ0) is 15.2. The van der Waals surface area contributed by atoms with E-state index in [4.69, 9.17) is 10.00 Å². The summed E-state index contributed by atoms with van der Waals surface area (Å²) in [6.45, 7) is 2.82. The van der Waals surface area contributed by atoms with Crippen LogP contribution < -0.4 is 15.0 Å². The molecular weight excluding hydrogens is 270 g/mol. The standard InChI is InChI=1S/C15H17N3O3/c1-2-9-21-12-5-3-11(4-6-12)18-14(19)10-13(15(18)20)17-8-7-16/h3-6,13,17H,2,8-10H2,1H3/p+1/t13-/m1/s1. The molecule has 110 valence electrons. The van der Waals surface area contributed by atoms with Crippen LogP contribution in [-0.2, 0) is 9.59 Å². The molecule has 0 radical (unpaired) electrons. The first-order valence-corrected chi connectivity index (χ1v) is 6.97. The van der Waals surface area contributed by atoms with Crippen LogP contribution in [-0.4, -0.2) is 31.0 Å². The summed E-state index contributed by atoms with van der Waals surface area (Å²) >= 11 is 0. The molecule has 21 heavy (non-hydrogen) atoms. The Hall–Kier alpha value is -2.39. The van der Waals surface area contributed by atoms with E-state index in [1.165, 1.54) is 4.90 Å². The Morgan fingerprint density at radius 2 is 2.10 bits per heavy atom. The van der Waals surface area contributed by atoms with Crippen LogP contribution in [0, 0.1) is 11.3 Å². The number of rotatable bonds is 6. The van der Waals surface area contributed by atoms with Crippen LogP contribution in [0.3, 0.4) is 0 Å². The van der Waals surface area contributed by atoms with Gasteiger partial charge in [-0.15, -0.1) is 0 Å². The lowest BCUT2D eigenvalue weighted by atomic mass is 10.2. The van der Waals surface area contributed by atoms with Gasteiger partial charge in [0.2, 0.25) is 5.91 Å². The Morgan fingerprint density at radius 3 is 2.71 bits per heavy atom. The molecule has 0 unspecified atom stereocenters. The first-order valence-electron chi connectivity index (χ1n) is 6.97. The van der Waals surface area contributed by atoms with Gasteiger partial charge in [0.25, 0.3) is 5.91 Å². The second-order valence-electron chi connectivity index (χ2n) is 4.82. The molecule has 6 heteroatoms. The molecule has 1 aliphatic rings. The van der Waals surface area contributed by atoms with Crippen molar-refractivity contribution < 1.29 is 19.6 Å². The maximum Gasteiger partial charge on any atom is 0.292 e. The second kappa shape index (κ2) is 6.86. The first-order chi connectivity index (χ1) is 10.2. The zero-order valence-corrected chi connectivity index (χ0v) is 11.9. The number of hydrogen-bond donors (Lipinski definition) is 1. The molecule has 1 atom stereocenters. The van der Waals surface area contributed by atoms with Crippen molar-refractivity contribution in [2.75, 3.05) is 18.1 Å². The van der Waals surface area contributed by atoms with Gasteiger partial charge in [-0.3, -0.25) is 9.59 Å². The molecule has 2 rings (SSSR count). The fourth-order valence-electron chi connectivity index (χ4n) is 2.22. The summed E-state index contributed by atoms with van der Waals surface area (Å²) < 4.78 is 5.47. The van der Waals surface area contributed by atoms with Gasteiger partial charge in [-0.05, 0) is 30.7 Å². The molecule has 0 bridgehead atoms. The van der Waals surface area contributed by atoms with Crippen LogP contribution in [0.1, 0.15) is 19.8 Å². The van der Waals surface area contributed by atoms with Crippen LogP contribution in [0.15, 0.2) is 24.3 Å². The van der Waals surface area contributed by atoms with Crippen LogP contribution >= 0.6 is 0 Å². The number of nitriles is 1. The van der Waals surface area contributed by atoms with Gasteiger partial charge in [-0.2, -0.15) is 5.26 Å². The summed E-state index contributed by atoms with van der Waals surface area (Å²) in [4.78, 5) is 25.4. The van der Waals surface area contributed by atoms with Crippen molar-refractivity contribution in [3.05, 3.63) is 24.3 Å². The van der Waals surface area contributed by atoms with Gasteiger partial charge in [-0.1, -0.05) is 6.92 Å². The maximum absolute atomic E-state index is 12.2. The fourth-order valence-corrected chi connectivity index (χ4v) is 2.22. The van der Waals surface area contributed by atoms with E-state index >= 15 is 0 Å². The SMILES string of the molecule is CCCOc1ccc(N2C(=O)C[C@@H]([NH2+]CC#N)C2=O)cc1. The normalized spacial score (nSPS) is 17.9. The third kappa shape index (κ3) is 3.38. The highest BCUT2D eigenvalue weighted by Gasteiger charge is 2.42. The van der Waals surface area contributed by atoms with Crippen LogP contribution in [0.2, 0.25) is 0 Å². The Kier molecular flexibility index (Phi) is 4.90. The van der Waals surface area contributed by atoms with Crippen molar-refractivity contribution in [3.63, 3.8) is 0 Å². The topological polar surface area (TPSA) is 87.0 Å². The smallest absolute Gasteiger partial charge is 0.292 e. The van der Waals surface area contributed by atoms with Crippen molar-refractivity contribution in [2.24, 2.45) is 0 Å². The third-order valence-corrected chi connectivity index (χ3v) is 3.24. The number of carbonyl (C=O) groups excluding carboxylic acids is 2. The monoisotopic (exact) mass is 288 g/mol. The predicted octanol–water partition coefficient (Wildman–Crippen LogP) is 0.194. The van der Waals surface area contributed by atoms with Crippen molar-refractivity contribution >= 4 is 17.5 Å². The number of carbonyl (C=O) groups is 2. The first kappa shape index (κ1) is 15.0. The predicted molar refractivity (Wildman–Crippen MR) is 75.5 cm³/mol. The molecule has 1 aliphatic heterocycles. The molecule has 1 heterocycles. The third-order valence-electron chi connectivity index (χ3n) is 3.24. The Balaban J connectivity index is 2.09. The summed E-state index contributed by atoms with van der Waals surface area (Å²) in [6.07, 6.45) is 1.05. The number of benzene rings is 1. The number of nitrogens with zero attached hydrogens (tertiary/aromatic N) is 2. The molecule has 0 aliphatic carbocycles. The molecule has 0 aromatic heterocycles. The van der Waals surface area contributed by atoms with Gasteiger partial charge in [0, 0.05) is 0 Å². The van der Waals surface area contributed by atoms with Gasteiger partial charge in [0.05, 0.1) is 18.7 Å². The minimum atomic E-state index is -0.492. The van der Waals surface area contributed by atoms with Gasteiger partial charge in [-0.25, -0.2) is 4.90 Å². The average molecular weight is 288 g/mol. The molecular formula is C15H18N3O3+. The van der Waals surface area contributed by atoms with E-state index in [9.17, 15) is 9.59 Å². The van der Waals surface area contributed by atoms with Crippen molar-refractivity contribution in [2.45, 2.75) is 25.8 Å². The molecule has 2 N–H and O–H groups in total. The van der Waals surface area contributed by atoms with Crippen LogP contribution in [0.25, 0.3) is 0 Å². The number of quaternary nitrogens is 1. The molecule has 2 amide bonds. The molecule has 6 nitrogen and oxygen atoms in total. The number of amides is 2. The van der Waals surface area contributed by atoms with E-state index in [1.54, 1.807) is 29.6 Å². The van der Waals surface area contributed by atoms with Crippen LogP contribution in [0.5, 0.6) is 5.75 Å². The molecule has 1 fully saturated rings. The van der Waals surface area contributed by atoms with Crippen molar-refractivity contribution in [1.29, 1.82) is 5.26 Å². The van der Waals surface area contributed by atoms with Gasteiger partial charge in [0.15, 0.2) is 12.6 Å². The van der Waals surface area contributed by atoms with Crippen LogP contribution in [0.4, 0.5) is 5.69 Å². The van der Waals surface area contributed by atoms with E-state index in [0.29, 0.717) is 18.0 Å². The summed E-state index contributed by atoms with van der Waals surface area (Å²) in [7, 11) is 0. The number of anilines is 1. The Bertz CT molecular complexity index is 563. The average Bonchev–Trinajstić information content (AvgIpc) is 2.78. The Labute approximate surface area is 123 Å². The molecule has 1 aromatic carbocycles. The molecule has 0 spiro atoms. The number of nitrogens with two attached hydrogens (primary N) is 1. The zero-order valence-electron chi connectivity index (χ0n) is 11.9. The van der Waals surface area contributed by atoms with E-state index in [-0.39, 0.29) is 24.8 Å². The summed E-state index contributed by atoms with van der Waals surface area (Å²) in [5.74, 6) is 0.214. The lowest BCUT2D eigenvalue weighted by molar-refractivity contribution is -0.664. The quantitative estimate of drug-likeness (QED) is 0.598. The largest absolute Gasteiger partial charge is 0.494 e. The fraction of sp³-hybridized carbons (Fsp3) is 0.400. The van der Waals surface area contributed by atoms with E-state index in [0.717, 1.165) is 6.42 Å². The number of ether oxygens (including phenoxy) is 1. The highest BCUT2D eigenvalue weighted by Crippen LogP contribution is 2.24. The van der Waals surface area contributed by atoms with Crippen molar-refractivity contribution in [3.8, 4) is 11.8 Å². The minimum absolute atomic E-state index is 0.134. The number of imide groups is 1.